The fourth-order valence-corrected chi connectivity index (χ4v) is 1.96. The molecule has 0 aromatic heterocycles. The van der Waals surface area contributed by atoms with E-state index in [0.29, 0.717) is 6.61 Å². The molecule has 110 valence electrons. The molecule has 3 nitrogen and oxygen atoms in total. The zero-order valence-electron chi connectivity index (χ0n) is 12.4. The Labute approximate surface area is 125 Å². The zero-order valence-corrected chi connectivity index (χ0v) is 12.4. The smallest absolute Gasteiger partial charge is 0.310 e. The summed E-state index contributed by atoms with van der Waals surface area (Å²) in [5.74, 6) is 0.489. The molecule has 0 saturated carbocycles. The third-order valence-corrected chi connectivity index (χ3v) is 2.91. The molecule has 21 heavy (non-hydrogen) atoms. The standard InChI is InChI=1S/C18H20O3/c1-14(2)21-17-11-7-6-10-16(17)12-18(19)20-13-15-8-4-3-5-9-15/h3-11,14H,12-13H2,1-2H3. The highest BCUT2D eigenvalue weighted by Crippen LogP contribution is 2.20. The van der Waals surface area contributed by atoms with Crippen molar-refractivity contribution in [2.75, 3.05) is 0 Å². The summed E-state index contributed by atoms with van der Waals surface area (Å²) in [5.41, 5.74) is 1.84. The summed E-state index contributed by atoms with van der Waals surface area (Å²) >= 11 is 0. The summed E-state index contributed by atoms with van der Waals surface area (Å²) in [6, 6.07) is 17.2. The van der Waals surface area contributed by atoms with Gasteiger partial charge in [0.05, 0.1) is 12.5 Å². The fraction of sp³-hybridized carbons (Fsp3) is 0.278. The van der Waals surface area contributed by atoms with Gasteiger partial charge in [0.15, 0.2) is 0 Å². The Bertz CT molecular complexity index is 576. The van der Waals surface area contributed by atoms with Crippen molar-refractivity contribution in [3.8, 4) is 5.75 Å². The average Bonchev–Trinajstić information content (AvgIpc) is 2.48. The number of benzene rings is 2. The largest absolute Gasteiger partial charge is 0.491 e. The fourth-order valence-electron chi connectivity index (χ4n) is 1.96. The van der Waals surface area contributed by atoms with Crippen molar-refractivity contribution in [1.29, 1.82) is 0 Å². The van der Waals surface area contributed by atoms with Gasteiger partial charge < -0.3 is 9.47 Å². The number of ether oxygens (including phenoxy) is 2. The molecule has 2 aromatic rings. The predicted octanol–water partition coefficient (Wildman–Crippen LogP) is 3.76. The van der Waals surface area contributed by atoms with Gasteiger partial charge >= 0.3 is 5.97 Å². The van der Waals surface area contributed by atoms with Gasteiger partial charge in [0.25, 0.3) is 0 Å². The van der Waals surface area contributed by atoms with E-state index >= 15 is 0 Å². The van der Waals surface area contributed by atoms with Crippen LogP contribution < -0.4 is 4.74 Å². The van der Waals surface area contributed by atoms with Crippen LogP contribution >= 0.6 is 0 Å². The second kappa shape index (κ2) is 7.48. The molecule has 0 amide bonds. The van der Waals surface area contributed by atoms with Crippen LogP contribution in [0.5, 0.6) is 5.75 Å². The molecule has 0 aliphatic heterocycles. The first kappa shape index (κ1) is 15.1. The highest BCUT2D eigenvalue weighted by Gasteiger charge is 2.11. The minimum Gasteiger partial charge on any atom is -0.491 e. The Balaban J connectivity index is 1.93. The zero-order chi connectivity index (χ0) is 15.1. The summed E-state index contributed by atoms with van der Waals surface area (Å²) in [4.78, 5) is 11.9. The Kier molecular flexibility index (Phi) is 5.38. The summed E-state index contributed by atoms with van der Waals surface area (Å²) in [7, 11) is 0. The first-order valence-corrected chi connectivity index (χ1v) is 7.09. The molecule has 3 heteroatoms. The second-order valence-corrected chi connectivity index (χ2v) is 5.10. The van der Waals surface area contributed by atoms with E-state index in [9.17, 15) is 4.79 Å². The van der Waals surface area contributed by atoms with Gasteiger partial charge in [-0.25, -0.2) is 0 Å². The van der Waals surface area contributed by atoms with E-state index in [1.54, 1.807) is 0 Å². The summed E-state index contributed by atoms with van der Waals surface area (Å²) in [6.45, 7) is 4.22. The number of rotatable bonds is 6. The highest BCUT2D eigenvalue weighted by atomic mass is 16.5. The second-order valence-electron chi connectivity index (χ2n) is 5.10. The number of carbonyl (C=O) groups is 1. The number of hydrogen-bond acceptors (Lipinski definition) is 3. The van der Waals surface area contributed by atoms with Gasteiger partial charge in [-0.05, 0) is 25.5 Å². The van der Waals surface area contributed by atoms with E-state index in [1.165, 1.54) is 0 Å². The van der Waals surface area contributed by atoms with Crippen molar-refractivity contribution in [3.63, 3.8) is 0 Å². The van der Waals surface area contributed by atoms with Crippen LogP contribution in [-0.4, -0.2) is 12.1 Å². The van der Waals surface area contributed by atoms with E-state index in [4.69, 9.17) is 9.47 Å². The molecule has 0 aliphatic carbocycles. The van der Waals surface area contributed by atoms with Crippen LogP contribution in [0.1, 0.15) is 25.0 Å². The van der Waals surface area contributed by atoms with Crippen molar-refractivity contribution in [2.45, 2.75) is 33.0 Å². The van der Waals surface area contributed by atoms with Crippen LogP contribution in [-0.2, 0) is 22.6 Å². The topological polar surface area (TPSA) is 35.5 Å². The third-order valence-electron chi connectivity index (χ3n) is 2.91. The monoisotopic (exact) mass is 284 g/mol. The minimum atomic E-state index is -0.251. The van der Waals surface area contributed by atoms with Crippen molar-refractivity contribution in [3.05, 3.63) is 65.7 Å². The van der Waals surface area contributed by atoms with E-state index in [-0.39, 0.29) is 18.5 Å². The summed E-state index contributed by atoms with van der Waals surface area (Å²) in [5, 5.41) is 0. The maximum Gasteiger partial charge on any atom is 0.310 e. The number of esters is 1. The molecule has 0 atom stereocenters. The molecular formula is C18H20O3. The number of carbonyl (C=O) groups excluding carboxylic acids is 1. The third kappa shape index (κ3) is 4.95. The number of hydrogen-bond donors (Lipinski definition) is 0. The molecule has 0 aliphatic rings. The molecular weight excluding hydrogens is 264 g/mol. The summed E-state index contributed by atoms with van der Waals surface area (Å²) < 4.78 is 11.0. The maximum absolute atomic E-state index is 11.9. The average molecular weight is 284 g/mol. The van der Waals surface area contributed by atoms with Gasteiger partial charge in [-0.15, -0.1) is 0 Å². The van der Waals surface area contributed by atoms with Crippen LogP contribution in [0.4, 0.5) is 0 Å². The molecule has 0 saturated heterocycles. The van der Waals surface area contributed by atoms with Crippen molar-refractivity contribution < 1.29 is 14.3 Å². The van der Waals surface area contributed by atoms with Crippen LogP contribution in [0, 0.1) is 0 Å². The Morgan fingerprint density at radius 2 is 1.67 bits per heavy atom. The minimum absolute atomic E-state index is 0.0755. The molecule has 2 aromatic carbocycles. The molecule has 2 rings (SSSR count). The molecule has 0 heterocycles. The first-order valence-electron chi connectivity index (χ1n) is 7.09. The van der Waals surface area contributed by atoms with E-state index < -0.39 is 0 Å². The summed E-state index contributed by atoms with van der Waals surface area (Å²) in [6.07, 6.45) is 0.293. The SMILES string of the molecule is CC(C)Oc1ccccc1CC(=O)OCc1ccccc1. The van der Waals surface area contributed by atoms with Crippen molar-refractivity contribution in [1.82, 2.24) is 0 Å². The lowest BCUT2D eigenvalue weighted by Gasteiger charge is -2.13. The van der Waals surface area contributed by atoms with E-state index in [2.05, 4.69) is 0 Å². The highest BCUT2D eigenvalue weighted by molar-refractivity contribution is 5.73. The Morgan fingerprint density at radius 1 is 1.00 bits per heavy atom. The quantitative estimate of drug-likeness (QED) is 0.758. The van der Waals surface area contributed by atoms with Crippen LogP contribution in [0.2, 0.25) is 0 Å². The van der Waals surface area contributed by atoms with E-state index in [0.717, 1.165) is 16.9 Å². The normalized spacial score (nSPS) is 10.4. The predicted molar refractivity (Wildman–Crippen MR) is 82.1 cm³/mol. The lowest BCUT2D eigenvalue weighted by atomic mass is 10.1. The van der Waals surface area contributed by atoms with Gasteiger partial charge in [0.1, 0.15) is 12.4 Å². The molecule has 0 N–H and O–H groups in total. The van der Waals surface area contributed by atoms with Crippen LogP contribution in [0.3, 0.4) is 0 Å². The van der Waals surface area contributed by atoms with Gasteiger partial charge in [-0.1, -0.05) is 48.5 Å². The molecule has 0 spiro atoms. The van der Waals surface area contributed by atoms with Crippen LogP contribution in [0.15, 0.2) is 54.6 Å². The molecule has 0 fully saturated rings. The van der Waals surface area contributed by atoms with Gasteiger partial charge in [0, 0.05) is 5.56 Å². The Morgan fingerprint density at radius 3 is 2.38 bits per heavy atom. The molecule has 0 radical (unpaired) electrons. The molecule has 0 unspecified atom stereocenters. The Hall–Kier alpha value is -2.29. The maximum atomic E-state index is 11.9. The number of para-hydroxylation sites is 1. The van der Waals surface area contributed by atoms with E-state index in [1.807, 2.05) is 68.4 Å². The van der Waals surface area contributed by atoms with Crippen LogP contribution in [0.25, 0.3) is 0 Å². The lowest BCUT2D eigenvalue weighted by Crippen LogP contribution is -2.11. The van der Waals surface area contributed by atoms with Gasteiger partial charge in [-0.3, -0.25) is 4.79 Å². The van der Waals surface area contributed by atoms with Crippen molar-refractivity contribution in [2.24, 2.45) is 0 Å². The van der Waals surface area contributed by atoms with Gasteiger partial charge in [0.2, 0.25) is 0 Å². The molecule has 0 bridgehead atoms. The first-order chi connectivity index (χ1) is 10.1. The van der Waals surface area contributed by atoms with Crippen molar-refractivity contribution >= 4 is 5.97 Å². The lowest BCUT2D eigenvalue weighted by molar-refractivity contribution is -0.144. The van der Waals surface area contributed by atoms with Gasteiger partial charge in [-0.2, -0.15) is 0 Å².